The summed E-state index contributed by atoms with van der Waals surface area (Å²) < 4.78 is 45.2. The summed E-state index contributed by atoms with van der Waals surface area (Å²) in [5, 5.41) is 87.3. The molecule has 3 aliphatic rings. The molecule has 0 aromatic carbocycles. The maximum absolute atomic E-state index is 13.2. The molecular formula is C38H68N4O19. The second kappa shape index (κ2) is 20.4. The third-order valence-electron chi connectivity index (χ3n) is 9.04. The van der Waals surface area contributed by atoms with Crippen LogP contribution in [-0.4, -0.2) is 187 Å². The highest BCUT2D eigenvalue weighted by Crippen LogP contribution is 2.34. The molecule has 0 aromatic rings. The summed E-state index contributed by atoms with van der Waals surface area (Å²) in [5.74, 6) is 0. The third-order valence-corrected chi connectivity index (χ3v) is 9.04. The Balaban J connectivity index is 2.05. The zero-order chi connectivity index (χ0) is 46.6. The molecule has 0 bridgehead atoms. The zero-order valence-electron chi connectivity index (χ0n) is 36.8. The van der Waals surface area contributed by atoms with E-state index in [1.807, 2.05) is 0 Å². The van der Waals surface area contributed by atoms with E-state index in [1.165, 1.54) is 0 Å². The number of rotatable bonds is 10. The van der Waals surface area contributed by atoms with Crippen LogP contribution in [0.25, 0.3) is 0 Å². The molecule has 23 nitrogen and oxygen atoms in total. The molecule has 0 aromatic heterocycles. The van der Waals surface area contributed by atoms with Crippen LogP contribution in [0.4, 0.5) is 19.2 Å². The molecule has 61 heavy (non-hydrogen) atoms. The fourth-order valence-corrected chi connectivity index (χ4v) is 6.57. The van der Waals surface area contributed by atoms with Gasteiger partial charge >= 0.3 is 24.4 Å². The van der Waals surface area contributed by atoms with Gasteiger partial charge in [0, 0.05) is 6.54 Å². The van der Waals surface area contributed by atoms with Crippen LogP contribution in [0.5, 0.6) is 0 Å². The van der Waals surface area contributed by atoms with E-state index in [2.05, 4.69) is 21.3 Å². The average molecular weight is 885 g/mol. The van der Waals surface area contributed by atoms with Crippen molar-refractivity contribution in [3.05, 3.63) is 0 Å². The molecule has 23 heteroatoms. The van der Waals surface area contributed by atoms with Crippen molar-refractivity contribution in [2.45, 2.75) is 204 Å². The van der Waals surface area contributed by atoms with Crippen molar-refractivity contribution in [3.63, 3.8) is 0 Å². The first-order valence-corrected chi connectivity index (χ1v) is 20.1. The second-order valence-electron chi connectivity index (χ2n) is 19.2. The van der Waals surface area contributed by atoms with Gasteiger partial charge in [0.2, 0.25) is 0 Å². The van der Waals surface area contributed by atoms with Gasteiger partial charge in [0.15, 0.2) is 12.6 Å². The predicted molar refractivity (Wildman–Crippen MR) is 209 cm³/mol. The van der Waals surface area contributed by atoms with Crippen LogP contribution < -0.4 is 21.3 Å². The number of ether oxygens (including phenoxy) is 8. The zero-order valence-corrected chi connectivity index (χ0v) is 36.8. The van der Waals surface area contributed by atoms with Gasteiger partial charge in [-0.15, -0.1) is 0 Å². The van der Waals surface area contributed by atoms with Crippen LogP contribution in [0.15, 0.2) is 0 Å². The first-order valence-electron chi connectivity index (χ1n) is 20.1. The average Bonchev–Trinajstić information content (AvgIpc) is 3.07. The molecule has 0 spiro atoms. The lowest BCUT2D eigenvalue weighted by atomic mass is 9.83. The first-order chi connectivity index (χ1) is 27.8. The first kappa shape index (κ1) is 52.0. The molecule has 3 fully saturated rings. The molecule has 11 N–H and O–H groups in total. The van der Waals surface area contributed by atoms with Crippen molar-refractivity contribution in [1.29, 1.82) is 0 Å². The van der Waals surface area contributed by atoms with E-state index in [0.29, 0.717) is 0 Å². The highest BCUT2D eigenvalue weighted by Gasteiger charge is 2.54. The van der Waals surface area contributed by atoms with Crippen LogP contribution in [0.2, 0.25) is 0 Å². The third kappa shape index (κ3) is 15.7. The minimum Gasteiger partial charge on any atom is -0.444 e. The molecular weight excluding hydrogens is 816 g/mol. The Labute approximate surface area is 355 Å². The van der Waals surface area contributed by atoms with Crippen LogP contribution in [0.3, 0.4) is 0 Å². The number of alkyl carbamates (subject to hydrolysis) is 4. The summed E-state index contributed by atoms with van der Waals surface area (Å²) >= 11 is 0. The molecule has 4 amide bonds. The molecule has 2 aliphatic heterocycles. The summed E-state index contributed by atoms with van der Waals surface area (Å²) in [7, 11) is 0. The lowest BCUT2D eigenvalue weighted by Gasteiger charge is -2.49. The van der Waals surface area contributed by atoms with Crippen LogP contribution in [0.1, 0.15) is 89.5 Å². The van der Waals surface area contributed by atoms with Crippen LogP contribution in [0, 0.1) is 0 Å². The molecule has 6 unspecified atom stereocenters. The molecule has 15 atom stereocenters. The van der Waals surface area contributed by atoms with Gasteiger partial charge in [-0.2, -0.15) is 0 Å². The van der Waals surface area contributed by atoms with E-state index in [1.54, 1.807) is 83.1 Å². The van der Waals surface area contributed by atoms with Crippen molar-refractivity contribution >= 4 is 24.4 Å². The number of hydrogen-bond donors (Lipinski definition) is 11. The standard InChI is InChI=1S/C38H68N4O19/c1-35(2,3)58-31(50)39-14-18-22(45)24(47)25(48)30(54-18)57-28-17(41-33(52)60-37(7,8)9)13-16(40-32(51)59-36(4,5)6)27(26(28)49)56-29-23(46)20(21(44)19(15-43)55-29)42-34(53)61-38(10,11)12/h16-30,43-49H,13-15H2,1-12H3,(H,39,50)(H,40,51)(H,41,52)(H,42,53)/t16-,17?,18?,19?,20-,21-,22-,23?,24?,25+,26?,27-,28-,29-,30-/m1/s1. The van der Waals surface area contributed by atoms with Gasteiger partial charge in [-0.3, -0.25) is 0 Å². The van der Waals surface area contributed by atoms with E-state index >= 15 is 0 Å². The molecule has 0 radical (unpaired) electrons. The quantitative estimate of drug-likeness (QED) is 0.117. The fourth-order valence-electron chi connectivity index (χ4n) is 6.57. The Morgan fingerprint density at radius 2 is 0.902 bits per heavy atom. The minimum atomic E-state index is -2.00. The van der Waals surface area contributed by atoms with E-state index in [4.69, 9.17) is 37.9 Å². The van der Waals surface area contributed by atoms with Gasteiger partial charge in [0.05, 0.1) is 24.7 Å². The lowest BCUT2D eigenvalue weighted by Crippen LogP contribution is -2.70. The van der Waals surface area contributed by atoms with E-state index in [-0.39, 0.29) is 6.42 Å². The van der Waals surface area contributed by atoms with Gasteiger partial charge in [-0.1, -0.05) is 0 Å². The summed E-state index contributed by atoms with van der Waals surface area (Å²) in [4.78, 5) is 51.6. The molecule has 1 aliphatic carbocycles. The van der Waals surface area contributed by atoms with Gasteiger partial charge in [0.25, 0.3) is 0 Å². The van der Waals surface area contributed by atoms with Crippen LogP contribution >= 0.6 is 0 Å². The molecule has 354 valence electrons. The second-order valence-corrected chi connectivity index (χ2v) is 19.2. The Bertz CT molecular complexity index is 1480. The number of aliphatic hydroxyl groups excluding tert-OH is 7. The van der Waals surface area contributed by atoms with E-state index < -0.39 is 152 Å². The van der Waals surface area contributed by atoms with Gasteiger partial charge < -0.3 is 94.9 Å². The number of aliphatic hydroxyl groups is 7. The maximum atomic E-state index is 13.2. The number of carbonyl (C=O) groups excluding carboxylic acids is 4. The Hall–Kier alpha value is -3.36. The topological polar surface area (TPSA) is 332 Å². The van der Waals surface area contributed by atoms with Gasteiger partial charge in [-0.05, 0) is 89.5 Å². The lowest BCUT2D eigenvalue weighted by molar-refractivity contribution is -0.334. The van der Waals surface area contributed by atoms with Crippen molar-refractivity contribution in [3.8, 4) is 0 Å². The molecule has 2 heterocycles. The Morgan fingerprint density at radius 3 is 1.33 bits per heavy atom. The van der Waals surface area contributed by atoms with Gasteiger partial charge in [-0.25, -0.2) is 19.2 Å². The minimum absolute atomic E-state index is 0.364. The molecule has 1 saturated carbocycles. The fraction of sp³-hybridized carbons (Fsp3) is 0.895. The predicted octanol–water partition coefficient (Wildman–Crippen LogP) is -1.03. The van der Waals surface area contributed by atoms with E-state index in [9.17, 15) is 54.9 Å². The SMILES string of the molecule is CC(C)(C)OC(=O)NCC1O[C@H](O[C@@H]2C(NC(=O)OC(C)(C)C)C[C@@H](NC(=O)OC(C)(C)C)[C@@H](O[C@H]3OC(CO)[C@@H](O)[C@@H](NC(=O)OC(C)(C)C)C3O)C2O)[C@@H](O)C(O)[C@@H]1O. The van der Waals surface area contributed by atoms with E-state index in [0.717, 1.165) is 0 Å². The number of hydrogen-bond acceptors (Lipinski definition) is 19. The van der Waals surface area contributed by atoms with Crippen molar-refractivity contribution in [1.82, 2.24) is 21.3 Å². The highest BCUT2D eigenvalue weighted by molar-refractivity contribution is 5.70. The van der Waals surface area contributed by atoms with Crippen molar-refractivity contribution < 1.29 is 92.8 Å². The Morgan fingerprint density at radius 1 is 0.508 bits per heavy atom. The smallest absolute Gasteiger partial charge is 0.408 e. The number of nitrogens with one attached hydrogen (secondary N) is 4. The maximum Gasteiger partial charge on any atom is 0.408 e. The number of amides is 4. The van der Waals surface area contributed by atoms with Crippen molar-refractivity contribution in [2.75, 3.05) is 13.2 Å². The summed E-state index contributed by atoms with van der Waals surface area (Å²) in [6.07, 6.45) is -25.7. The summed E-state index contributed by atoms with van der Waals surface area (Å²) in [5.41, 5.74) is -3.90. The normalized spacial score (nSPS) is 35.0. The molecule has 2 saturated heterocycles. The Kier molecular flexibility index (Phi) is 17.4. The summed E-state index contributed by atoms with van der Waals surface area (Å²) in [6, 6.07) is -4.26. The van der Waals surface area contributed by atoms with Gasteiger partial charge in [0.1, 0.15) is 83.4 Å². The summed E-state index contributed by atoms with van der Waals surface area (Å²) in [6.45, 7) is 17.9. The largest absolute Gasteiger partial charge is 0.444 e. The number of carbonyl (C=O) groups is 4. The monoisotopic (exact) mass is 884 g/mol. The van der Waals surface area contributed by atoms with Crippen LogP contribution in [-0.2, 0) is 37.9 Å². The molecule has 3 rings (SSSR count). The highest BCUT2D eigenvalue weighted by atomic mass is 16.7. The van der Waals surface area contributed by atoms with Crippen molar-refractivity contribution in [2.24, 2.45) is 0 Å².